The van der Waals surface area contributed by atoms with Crippen LogP contribution in [0.5, 0.6) is 0 Å². The molecule has 0 aliphatic rings. The summed E-state index contributed by atoms with van der Waals surface area (Å²) in [5.74, 6) is 0. The van der Waals surface area contributed by atoms with E-state index < -0.39 is 21.0 Å². The van der Waals surface area contributed by atoms with Crippen LogP contribution >= 0.6 is 0 Å². The average Bonchev–Trinajstić information content (AvgIpc) is 2.37. The van der Waals surface area contributed by atoms with Gasteiger partial charge in [0.15, 0.2) is 0 Å². The molecule has 1 rings (SSSR count). The Balaban J connectivity index is 3.17. The number of benzene rings is 1. The molecule has 5 nitrogen and oxygen atoms in total. The number of nitro groups is 1. The molecule has 110 valence electrons. The van der Waals surface area contributed by atoms with E-state index in [1.807, 2.05) is 27.7 Å². The van der Waals surface area contributed by atoms with Crippen LogP contribution in [0.1, 0.15) is 46.1 Å². The molecule has 0 aliphatic carbocycles. The van der Waals surface area contributed by atoms with Crippen molar-refractivity contribution in [2.24, 2.45) is 4.40 Å². The quantitative estimate of drug-likeness (QED) is 0.360. The van der Waals surface area contributed by atoms with Gasteiger partial charge in [-0.25, -0.2) is 0 Å². The summed E-state index contributed by atoms with van der Waals surface area (Å²) in [5, 5.41) is 10.8. The highest BCUT2D eigenvalue weighted by Gasteiger charge is 2.27. The van der Waals surface area contributed by atoms with Crippen molar-refractivity contribution in [3.05, 3.63) is 39.9 Å². The first kappa shape index (κ1) is 16.7. The normalized spacial score (nSPS) is 14.2. The molecule has 6 heteroatoms. The molecule has 0 amide bonds. The monoisotopic (exact) mass is 296 g/mol. The second-order valence-electron chi connectivity index (χ2n) is 5.46. The number of hydrogen-bond acceptors (Lipinski definition) is 4. The molecule has 1 aromatic rings. The van der Waals surface area contributed by atoms with Gasteiger partial charge < -0.3 is 4.55 Å². The second kappa shape index (κ2) is 6.85. The summed E-state index contributed by atoms with van der Waals surface area (Å²) in [6, 6.07) is 6.31. The zero-order chi connectivity index (χ0) is 15.3. The van der Waals surface area contributed by atoms with Gasteiger partial charge in [-0.3, -0.25) is 10.1 Å². The molecule has 0 radical (unpaired) electrons. The lowest BCUT2D eigenvalue weighted by atomic mass is 10.1. The first-order chi connectivity index (χ1) is 9.25. The Morgan fingerprint density at radius 3 is 2.55 bits per heavy atom. The minimum Gasteiger partial charge on any atom is -0.591 e. The van der Waals surface area contributed by atoms with Crippen LogP contribution in [0.3, 0.4) is 0 Å². The molecule has 1 atom stereocenters. The van der Waals surface area contributed by atoms with Crippen LogP contribution in [-0.2, 0) is 11.4 Å². The van der Waals surface area contributed by atoms with Gasteiger partial charge in [0.25, 0.3) is 5.69 Å². The Morgan fingerprint density at radius 2 is 2.05 bits per heavy atom. The van der Waals surface area contributed by atoms with E-state index in [-0.39, 0.29) is 5.69 Å². The first-order valence-electron chi connectivity index (χ1n) is 6.50. The summed E-state index contributed by atoms with van der Waals surface area (Å²) >= 11 is -1.37. The maximum Gasteiger partial charge on any atom is 0.270 e. The van der Waals surface area contributed by atoms with E-state index in [1.54, 1.807) is 12.1 Å². The van der Waals surface area contributed by atoms with Crippen LogP contribution in [0.15, 0.2) is 28.7 Å². The molecule has 1 aromatic carbocycles. The van der Waals surface area contributed by atoms with Gasteiger partial charge in [0.05, 0.1) is 10.6 Å². The zero-order valence-electron chi connectivity index (χ0n) is 12.3. The fourth-order valence-corrected chi connectivity index (χ4v) is 2.19. The predicted octanol–water partition coefficient (Wildman–Crippen LogP) is 3.65. The Labute approximate surface area is 122 Å². The van der Waals surface area contributed by atoms with Crippen molar-refractivity contribution < 1.29 is 9.48 Å². The third kappa shape index (κ3) is 4.61. The Bertz CT molecular complexity index is 509. The smallest absolute Gasteiger partial charge is 0.270 e. The molecule has 0 heterocycles. The number of hydrogen-bond donors (Lipinski definition) is 0. The first-order valence-corrected chi connectivity index (χ1v) is 7.60. The minimum atomic E-state index is -1.37. The van der Waals surface area contributed by atoms with Gasteiger partial charge in [-0.1, -0.05) is 29.9 Å². The third-order valence-corrected chi connectivity index (χ3v) is 4.03. The second-order valence-corrected chi connectivity index (χ2v) is 7.36. The van der Waals surface area contributed by atoms with E-state index in [4.69, 9.17) is 0 Å². The van der Waals surface area contributed by atoms with Crippen LogP contribution in [0.4, 0.5) is 5.69 Å². The SMILES string of the molecule is CCC/C(=N\[S+]([O-])C(C)(C)C)c1cccc([N+](=O)[O-])c1. The fourth-order valence-electron chi connectivity index (χ4n) is 1.52. The Kier molecular flexibility index (Phi) is 5.71. The highest BCUT2D eigenvalue weighted by atomic mass is 32.2. The predicted molar refractivity (Wildman–Crippen MR) is 82.4 cm³/mol. The lowest BCUT2D eigenvalue weighted by Crippen LogP contribution is -2.27. The molecular formula is C14H20N2O3S. The maximum atomic E-state index is 12.1. The zero-order valence-corrected chi connectivity index (χ0v) is 13.1. The standard InChI is InChI=1S/C14H20N2O3S/c1-5-7-13(15-20(19)14(2,3)4)11-8-6-9-12(10-11)16(17)18/h6,8-10H,5,7H2,1-4H3/b15-13+. The molecule has 1 unspecified atom stereocenters. The molecule has 0 bridgehead atoms. The number of non-ortho nitro benzene ring substituents is 1. The molecule has 0 aromatic heterocycles. The average molecular weight is 296 g/mol. The lowest BCUT2D eigenvalue weighted by molar-refractivity contribution is -0.384. The van der Waals surface area contributed by atoms with E-state index in [0.717, 1.165) is 6.42 Å². The van der Waals surface area contributed by atoms with E-state index in [9.17, 15) is 14.7 Å². The molecule has 20 heavy (non-hydrogen) atoms. The highest BCUT2D eigenvalue weighted by Crippen LogP contribution is 2.21. The third-order valence-electron chi connectivity index (χ3n) is 2.59. The lowest BCUT2D eigenvalue weighted by Gasteiger charge is -2.19. The van der Waals surface area contributed by atoms with Crippen molar-refractivity contribution in [3.8, 4) is 0 Å². The van der Waals surface area contributed by atoms with Crippen LogP contribution < -0.4 is 0 Å². The molecule has 0 spiro atoms. The molecule has 0 fully saturated rings. The summed E-state index contributed by atoms with van der Waals surface area (Å²) in [4.78, 5) is 10.4. The van der Waals surface area contributed by atoms with Gasteiger partial charge in [-0.2, -0.15) is 0 Å². The number of nitro benzene ring substituents is 1. The van der Waals surface area contributed by atoms with Crippen molar-refractivity contribution >= 4 is 22.8 Å². The topological polar surface area (TPSA) is 78.6 Å². The van der Waals surface area contributed by atoms with Crippen LogP contribution in [0, 0.1) is 10.1 Å². The molecule has 0 aliphatic heterocycles. The molecular weight excluding hydrogens is 276 g/mol. The van der Waals surface area contributed by atoms with E-state index in [2.05, 4.69) is 4.40 Å². The summed E-state index contributed by atoms with van der Waals surface area (Å²) in [5.41, 5.74) is 1.34. The maximum absolute atomic E-state index is 12.1. The van der Waals surface area contributed by atoms with Crippen LogP contribution in [0.25, 0.3) is 0 Å². The minimum absolute atomic E-state index is 0.0212. The fraction of sp³-hybridized carbons (Fsp3) is 0.500. The summed E-state index contributed by atoms with van der Waals surface area (Å²) in [6.07, 6.45) is 1.48. The van der Waals surface area contributed by atoms with Crippen molar-refractivity contribution in [2.75, 3.05) is 0 Å². The molecule has 0 saturated heterocycles. The van der Waals surface area contributed by atoms with Crippen LogP contribution in [0.2, 0.25) is 0 Å². The van der Waals surface area contributed by atoms with Crippen molar-refractivity contribution in [3.63, 3.8) is 0 Å². The number of nitrogens with zero attached hydrogens (tertiary/aromatic N) is 2. The Morgan fingerprint density at radius 1 is 1.40 bits per heavy atom. The Hall–Kier alpha value is -1.40. The van der Waals surface area contributed by atoms with Gasteiger partial charge in [0.2, 0.25) is 0 Å². The van der Waals surface area contributed by atoms with Gasteiger partial charge in [0.1, 0.15) is 16.1 Å². The van der Waals surface area contributed by atoms with Crippen molar-refractivity contribution in [2.45, 2.75) is 45.3 Å². The summed E-state index contributed by atoms with van der Waals surface area (Å²) in [6.45, 7) is 7.55. The molecule has 0 saturated carbocycles. The summed E-state index contributed by atoms with van der Waals surface area (Å²) in [7, 11) is 0. The number of rotatable bonds is 5. The van der Waals surface area contributed by atoms with Crippen molar-refractivity contribution in [1.29, 1.82) is 0 Å². The van der Waals surface area contributed by atoms with E-state index >= 15 is 0 Å². The van der Waals surface area contributed by atoms with Gasteiger partial charge in [-0.05, 0) is 27.2 Å². The van der Waals surface area contributed by atoms with Gasteiger partial charge in [0, 0.05) is 17.7 Å². The highest BCUT2D eigenvalue weighted by molar-refractivity contribution is 7.91. The van der Waals surface area contributed by atoms with Crippen molar-refractivity contribution in [1.82, 2.24) is 0 Å². The molecule has 0 N–H and O–H groups in total. The van der Waals surface area contributed by atoms with Gasteiger partial charge >= 0.3 is 0 Å². The van der Waals surface area contributed by atoms with E-state index in [0.29, 0.717) is 17.7 Å². The summed E-state index contributed by atoms with van der Waals surface area (Å²) < 4.78 is 16.0. The van der Waals surface area contributed by atoms with Crippen LogP contribution in [-0.4, -0.2) is 19.9 Å². The largest absolute Gasteiger partial charge is 0.591 e. The van der Waals surface area contributed by atoms with E-state index in [1.165, 1.54) is 12.1 Å². The van der Waals surface area contributed by atoms with Gasteiger partial charge in [-0.15, -0.1) is 0 Å².